The molecule has 0 aliphatic carbocycles. The second kappa shape index (κ2) is 6.37. The zero-order chi connectivity index (χ0) is 9.40. The highest BCUT2D eigenvalue weighted by Crippen LogP contribution is 1.83. The van der Waals surface area contributed by atoms with Crippen molar-refractivity contribution in [1.29, 1.82) is 0 Å². The van der Waals surface area contributed by atoms with E-state index in [0.29, 0.717) is 0 Å². The molecule has 0 radical (unpaired) electrons. The van der Waals surface area contributed by atoms with Gasteiger partial charge in [-0.25, -0.2) is 0 Å². The Kier molecular flexibility index (Phi) is 5.65. The van der Waals surface area contributed by atoms with Gasteiger partial charge in [-0.3, -0.25) is 4.79 Å². The lowest BCUT2D eigenvalue weighted by Gasteiger charge is -1.96. The van der Waals surface area contributed by atoms with Gasteiger partial charge in [-0.1, -0.05) is 36.5 Å². The Balaban J connectivity index is 3.83. The molecule has 3 heteroatoms. The van der Waals surface area contributed by atoms with E-state index >= 15 is 0 Å². The van der Waals surface area contributed by atoms with Crippen LogP contribution in [0.3, 0.4) is 0 Å². The number of carbonyl (C=O) groups is 1. The Morgan fingerprint density at radius 2 is 1.83 bits per heavy atom. The maximum atomic E-state index is 10.4. The van der Waals surface area contributed by atoms with E-state index in [9.17, 15) is 4.79 Å². The summed E-state index contributed by atoms with van der Waals surface area (Å²) in [5.41, 5.74) is 10.2. The highest BCUT2D eigenvalue weighted by atomic mass is 16.1. The van der Waals surface area contributed by atoms with Crippen molar-refractivity contribution in [2.24, 2.45) is 11.5 Å². The van der Waals surface area contributed by atoms with E-state index in [1.165, 1.54) is 0 Å². The largest absolute Gasteiger partial charge is 0.368 e. The molecule has 0 rings (SSSR count). The van der Waals surface area contributed by atoms with Gasteiger partial charge in [0.2, 0.25) is 5.91 Å². The van der Waals surface area contributed by atoms with Gasteiger partial charge in [0.05, 0.1) is 0 Å². The lowest BCUT2D eigenvalue weighted by Crippen LogP contribution is -2.34. The number of rotatable bonds is 4. The smallest absolute Gasteiger partial charge is 0.238 e. The molecule has 4 N–H and O–H groups in total. The molecule has 0 bridgehead atoms. The summed E-state index contributed by atoms with van der Waals surface area (Å²) >= 11 is 0. The van der Waals surface area contributed by atoms with Crippen molar-refractivity contribution < 1.29 is 4.79 Å². The molecule has 0 saturated heterocycles. The van der Waals surface area contributed by atoms with Crippen LogP contribution in [0.4, 0.5) is 0 Å². The summed E-state index contributed by atoms with van der Waals surface area (Å²) < 4.78 is 0. The van der Waals surface area contributed by atoms with Crippen molar-refractivity contribution in [2.75, 3.05) is 0 Å². The molecule has 0 heterocycles. The Labute approximate surface area is 72.4 Å². The first-order valence-electron chi connectivity index (χ1n) is 3.69. The number of amides is 1. The Bertz CT molecular complexity index is 217. The topological polar surface area (TPSA) is 69.1 Å². The quantitative estimate of drug-likeness (QED) is 0.597. The highest BCUT2D eigenvalue weighted by Gasteiger charge is 2.01. The minimum Gasteiger partial charge on any atom is -0.368 e. The van der Waals surface area contributed by atoms with Crippen LogP contribution in [-0.2, 0) is 4.79 Å². The van der Waals surface area contributed by atoms with Crippen LogP contribution in [0.2, 0.25) is 0 Å². The molecule has 0 aliphatic heterocycles. The predicted molar refractivity (Wildman–Crippen MR) is 50.3 cm³/mol. The average Bonchev–Trinajstić information content (AvgIpc) is 2.03. The van der Waals surface area contributed by atoms with Crippen LogP contribution in [0.15, 0.2) is 36.5 Å². The minimum atomic E-state index is -0.694. The van der Waals surface area contributed by atoms with Crippen LogP contribution in [0, 0.1) is 0 Å². The van der Waals surface area contributed by atoms with Gasteiger partial charge in [-0.2, -0.15) is 0 Å². The number of primary amides is 1. The van der Waals surface area contributed by atoms with E-state index in [-0.39, 0.29) is 0 Å². The van der Waals surface area contributed by atoms with Gasteiger partial charge >= 0.3 is 0 Å². The molecule has 0 saturated carbocycles. The summed E-state index contributed by atoms with van der Waals surface area (Å²) in [6, 6.07) is -0.694. The van der Waals surface area contributed by atoms with E-state index in [4.69, 9.17) is 11.5 Å². The number of nitrogens with two attached hydrogens (primary N) is 2. The SMILES string of the molecule is C\C=C/C=C\C=C\C(N)C(N)=O. The summed E-state index contributed by atoms with van der Waals surface area (Å²) in [6.07, 6.45) is 10.6. The lowest BCUT2D eigenvalue weighted by molar-refractivity contribution is -0.118. The first-order chi connectivity index (χ1) is 5.68. The molecular weight excluding hydrogens is 152 g/mol. The van der Waals surface area contributed by atoms with E-state index in [1.807, 2.05) is 25.2 Å². The van der Waals surface area contributed by atoms with Crippen molar-refractivity contribution in [3.63, 3.8) is 0 Å². The van der Waals surface area contributed by atoms with Crippen molar-refractivity contribution in [3.8, 4) is 0 Å². The first-order valence-corrected chi connectivity index (χ1v) is 3.69. The summed E-state index contributed by atoms with van der Waals surface area (Å²) in [4.78, 5) is 10.4. The highest BCUT2D eigenvalue weighted by molar-refractivity contribution is 5.81. The Morgan fingerprint density at radius 3 is 2.33 bits per heavy atom. The maximum Gasteiger partial charge on any atom is 0.238 e. The van der Waals surface area contributed by atoms with E-state index < -0.39 is 11.9 Å². The molecule has 3 nitrogen and oxygen atoms in total. The van der Waals surface area contributed by atoms with Gasteiger partial charge in [0.1, 0.15) is 6.04 Å². The molecule has 0 aromatic carbocycles. The van der Waals surface area contributed by atoms with Crippen molar-refractivity contribution in [3.05, 3.63) is 36.5 Å². The maximum absolute atomic E-state index is 10.4. The third-order valence-electron chi connectivity index (χ3n) is 1.17. The first kappa shape index (κ1) is 10.7. The number of hydrogen-bond donors (Lipinski definition) is 2. The molecule has 0 aromatic heterocycles. The normalized spacial score (nSPS) is 14.8. The van der Waals surface area contributed by atoms with Gasteiger partial charge in [-0.15, -0.1) is 0 Å². The summed E-state index contributed by atoms with van der Waals surface area (Å²) in [5, 5.41) is 0. The molecule has 0 aromatic rings. The fraction of sp³-hybridized carbons (Fsp3) is 0.222. The second-order valence-corrected chi connectivity index (χ2v) is 2.22. The molecule has 0 spiro atoms. The minimum absolute atomic E-state index is 0.523. The molecule has 0 fully saturated rings. The third-order valence-corrected chi connectivity index (χ3v) is 1.17. The summed E-state index contributed by atoms with van der Waals surface area (Å²) in [7, 11) is 0. The number of allylic oxidation sites excluding steroid dienone is 5. The van der Waals surface area contributed by atoms with Crippen LogP contribution >= 0.6 is 0 Å². The van der Waals surface area contributed by atoms with Gasteiger partial charge < -0.3 is 11.5 Å². The van der Waals surface area contributed by atoms with Gasteiger partial charge in [-0.05, 0) is 6.92 Å². The van der Waals surface area contributed by atoms with Gasteiger partial charge in [0.25, 0.3) is 0 Å². The van der Waals surface area contributed by atoms with Crippen LogP contribution < -0.4 is 11.5 Å². The van der Waals surface area contributed by atoms with Crippen molar-refractivity contribution in [1.82, 2.24) is 0 Å². The van der Waals surface area contributed by atoms with Crippen LogP contribution in [0.5, 0.6) is 0 Å². The molecule has 1 unspecified atom stereocenters. The molecular formula is C9H14N2O. The number of hydrogen-bond acceptors (Lipinski definition) is 2. The lowest BCUT2D eigenvalue weighted by atomic mass is 10.2. The summed E-state index contributed by atoms with van der Waals surface area (Å²) in [6.45, 7) is 1.92. The van der Waals surface area contributed by atoms with E-state index in [2.05, 4.69) is 0 Å². The van der Waals surface area contributed by atoms with Crippen molar-refractivity contribution >= 4 is 5.91 Å². The zero-order valence-electron chi connectivity index (χ0n) is 7.10. The van der Waals surface area contributed by atoms with Crippen LogP contribution in [0.1, 0.15) is 6.92 Å². The molecule has 0 aliphatic rings. The standard InChI is InChI=1S/C9H14N2O/c1-2-3-4-5-6-7-8(10)9(11)12/h2-8H,10H2,1H3,(H2,11,12)/b3-2-,5-4-,7-6+. The fourth-order valence-electron chi connectivity index (χ4n) is 0.518. The fourth-order valence-corrected chi connectivity index (χ4v) is 0.518. The monoisotopic (exact) mass is 166 g/mol. The number of carbonyl (C=O) groups excluding carboxylic acids is 1. The molecule has 1 atom stereocenters. The molecule has 66 valence electrons. The van der Waals surface area contributed by atoms with E-state index in [1.54, 1.807) is 18.2 Å². The second-order valence-electron chi connectivity index (χ2n) is 2.22. The Morgan fingerprint density at radius 1 is 1.25 bits per heavy atom. The molecule has 12 heavy (non-hydrogen) atoms. The molecule has 1 amide bonds. The average molecular weight is 166 g/mol. The van der Waals surface area contributed by atoms with Gasteiger partial charge in [0.15, 0.2) is 0 Å². The van der Waals surface area contributed by atoms with Crippen LogP contribution in [-0.4, -0.2) is 11.9 Å². The van der Waals surface area contributed by atoms with Crippen LogP contribution in [0.25, 0.3) is 0 Å². The Hall–Kier alpha value is -1.35. The summed E-state index contributed by atoms with van der Waals surface area (Å²) in [5.74, 6) is -0.523. The predicted octanol–water partition coefficient (Wildman–Crippen LogP) is 0.488. The zero-order valence-corrected chi connectivity index (χ0v) is 7.10. The van der Waals surface area contributed by atoms with Gasteiger partial charge in [0, 0.05) is 0 Å². The van der Waals surface area contributed by atoms with Crippen molar-refractivity contribution in [2.45, 2.75) is 13.0 Å². The third kappa shape index (κ3) is 5.44. The van der Waals surface area contributed by atoms with E-state index in [0.717, 1.165) is 0 Å².